The van der Waals surface area contributed by atoms with Gasteiger partial charge in [0.05, 0.1) is 6.10 Å². The second-order valence-corrected chi connectivity index (χ2v) is 5.72. The molecule has 6 heteroatoms. The number of esters is 2. The topological polar surface area (TPSA) is 78.9 Å². The van der Waals surface area contributed by atoms with Gasteiger partial charge in [-0.3, -0.25) is 14.4 Å². The van der Waals surface area contributed by atoms with E-state index in [1.165, 1.54) is 13.8 Å². The molecular weight excluding hydrogens is 288 g/mol. The number of carbonyl (C=O) groups excluding carboxylic acids is 3. The van der Waals surface area contributed by atoms with Crippen LogP contribution >= 0.6 is 0 Å². The van der Waals surface area contributed by atoms with Gasteiger partial charge in [-0.1, -0.05) is 12.5 Å². The molecule has 4 atom stereocenters. The molecule has 0 N–H and O–H groups in total. The Balaban J connectivity index is 2.06. The van der Waals surface area contributed by atoms with Gasteiger partial charge in [-0.15, -0.1) is 0 Å². The van der Waals surface area contributed by atoms with Crippen LogP contribution in [0.4, 0.5) is 0 Å². The summed E-state index contributed by atoms with van der Waals surface area (Å²) >= 11 is 0. The van der Waals surface area contributed by atoms with Gasteiger partial charge in [0.2, 0.25) is 0 Å². The zero-order valence-electron chi connectivity index (χ0n) is 12.9. The molecule has 1 unspecified atom stereocenters. The number of hydrogen-bond donors (Lipinski definition) is 0. The van der Waals surface area contributed by atoms with Gasteiger partial charge in [-0.05, 0) is 18.9 Å². The summed E-state index contributed by atoms with van der Waals surface area (Å²) in [6.45, 7) is 2.62. The van der Waals surface area contributed by atoms with Crippen molar-refractivity contribution in [2.45, 2.75) is 57.8 Å². The van der Waals surface area contributed by atoms with Crippen molar-refractivity contribution in [2.75, 3.05) is 6.61 Å². The van der Waals surface area contributed by atoms with Crippen molar-refractivity contribution < 1.29 is 28.6 Å². The van der Waals surface area contributed by atoms with Crippen molar-refractivity contribution in [1.29, 1.82) is 0 Å². The minimum Gasteiger partial charge on any atom is -0.463 e. The van der Waals surface area contributed by atoms with Crippen LogP contribution in [0.1, 0.15) is 39.5 Å². The first-order chi connectivity index (χ1) is 10.5. The van der Waals surface area contributed by atoms with Gasteiger partial charge < -0.3 is 14.2 Å². The van der Waals surface area contributed by atoms with Crippen molar-refractivity contribution >= 4 is 17.7 Å². The predicted molar refractivity (Wildman–Crippen MR) is 77.0 cm³/mol. The van der Waals surface area contributed by atoms with Gasteiger partial charge >= 0.3 is 11.9 Å². The van der Waals surface area contributed by atoms with E-state index in [4.69, 9.17) is 14.2 Å². The van der Waals surface area contributed by atoms with Gasteiger partial charge in [0.25, 0.3) is 0 Å². The Hall–Kier alpha value is -1.69. The number of carbonyl (C=O) groups is 3. The zero-order chi connectivity index (χ0) is 16.1. The second-order valence-electron chi connectivity index (χ2n) is 5.72. The summed E-state index contributed by atoms with van der Waals surface area (Å²) < 4.78 is 16.1. The summed E-state index contributed by atoms with van der Waals surface area (Å²) in [5.74, 6) is -0.815. The van der Waals surface area contributed by atoms with Crippen LogP contribution in [0.25, 0.3) is 0 Å². The SMILES string of the molecule is CC(=O)OC[C@H]1O[C@@H](C2CCCCC2=O)C=C[C@@H]1OC(C)=O. The predicted octanol–water partition coefficient (Wildman–Crippen LogP) is 1.56. The first-order valence-electron chi connectivity index (χ1n) is 7.64. The smallest absolute Gasteiger partial charge is 0.303 e. The summed E-state index contributed by atoms with van der Waals surface area (Å²) in [7, 11) is 0. The van der Waals surface area contributed by atoms with Crippen LogP contribution in [0.5, 0.6) is 0 Å². The number of Topliss-reactive ketones (excluding diaryl/α,β-unsaturated/α-hetero) is 1. The van der Waals surface area contributed by atoms with Crippen LogP contribution in [-0.2, 0) is 28.6 Å². The molecule has 0 radical (unpaired) electrons. The van der Waals surface area contributed by atoms with Crippen LogP contribution in [-0.4, -0.2) is 42.6 Å². The molecule has 0 saturated heterocycles. The third kappa shape index (κ3) is 4.40. The minimum absolute atomic E-state index is 0.00493. The van der Waals surface area contributed by atoms with Crippen LogP contribution in [0.3, 0.4) is 0 Å². The van der Waals surface area contributed by atoms with E-state index in [-0.39, 0.29) is 24.4 Å². The molecule has 0 aromatic rings. The maximum Gasteiger partial charge on any atom is 0.303 e. The van der Waals surface area contributed by atoms with E-state index in [9.17, 15) is 14.4 Å². The third-order valence-corrected chi connectivity index (χ3v) is 3.94. The highest BCUT2D eigenvalue weighted by Gasteiger charge is 2.37. The zero-order valence-corrected chi connectivity index (χ0v) is 12.9. The summed E-state index contributed by atoms with van der Waals surface area (Å²) in [4.78, 5) is 34.2. The molecule has 0 bridgehead atoms. The maximum absolute atomic E-state index is 12.0. The average molecular weight is 310 g/mol. The van der Waals surface area contributed by atoms with Crippen molar-refractivity contribution in [1.82, 2.24) is 0 Å². The van der Waals surface area contributed by atoms with E-state index >= 15 is 0 Å². The molecule has 0 amide bonds. The molecule has 1 heterocycles. The number of ether oxygens (including phenoxy) is 3. The molecule has 1 saturated carbocycles. The van der Waals surface area contributed by atoms with Crippen LogP contribution < -0.4 is 0 Å². The van der Waals surface area contributed by atoms with Gasteiger partial charge in [0.1, 0.15) is 24.6 Å². The lowest BCUT2D eigenvalue weighted by Gasteiger charge is -2.35. The highest BCUT2D eigenvalue weighted by molar-refractivity contribution is 5.82. The molecule has 1 fully saturated rings. The fourth-order valence-electron chi connectivity index (χ4n) is 2.89. The lowest BCUT2D eigenvalue weighted by molar-refractivity contribution is -0.168. The first-order valence-corrected chi connectivity index (χ1v) is 7.64. The normalized spacial score (nSPS) is 31.6. The lowest BCUT2D eigenvalue weighted by Crippen LogP contribution is -2.45. The third-order valence-electron chi connectivity index (χ3n) is 3.94. The molecule has 0 aromatic carbocycles. The number of rotatable bonds is 4. The summed E-state index contributed by atoms with van der Waals surface area (Å²) in [5, 5.41) is 0. The van der Waals surface area contributed by atoms with E-state index in [0.717, 1.165) is 19.3 Å². The van der Waals surface area contributed by atoms with Crippen LogP contribution in [0.15, 0.2) is 12.2 Å². The van der Waals surface area contributed by atoms with Crippen molar-refractivity contribution in [3.05, 3.63) is 12.2 Å². The number of hydrogen-bond acceptors (Lipinski definition) is 6. The lowest BCUT2D eigenvalue weighted by atomic mass is 9.83. The van der Waals surface area contributed by atoms with Gasteiger partial charge in [-0.2, -0.15) is 0 Å². The monoisotopic (exact) mass is 310 g/mol. The van der Waals surface area contributed by atoms with E-state index < -0.39 is 24.1 Å². The molecule has 1 aliphatic heterocycles. The molecule has 0 aromatic heterocycles. The van der Waals surface area contributed by atoms with E-state index in [1.54, 1.807) is 12.2 Å². The summed E-state index contributed by atoms with van der Waals surface area (Å²) in [5.41, 5.74) is 0. The van der Waals surface area contributed by atoms with Crippen molar-refractivity contribution in [3.8, 4) is 0 Å². The Morgan fingerprint density at radius 1 is 1.23 bits per heavy atom. The van der Waals surface area contributed by atoms with Crippen molar-refractivity contribution in [2.24, 2.45) is 5.92 Å². The molecule has 6 nitrogen and oxygen atoms in total. The Kier molecular flexibility index (Phi) is 5.71. The molecule has 22 heavy (non-hydrogen) atoms. The average Bonchev–Trinajstić information content (AvgIpc) is 2.46. The molecule has 1 aliphatic carbocycles. The van der Waals surface area contributed by atoms with Gasteiger partial charge in [0.15, 0.2) is 0 Å². The highest BCUT2D eigenvalue weighted by atomic mass is 16.6. The van der Waals surface area contributed by atoms with Gasteiger partial charge in [0, 0.05) is 26.2 Å². The molecular formula is C16H22O6. The van der Waals surface area contributed by atoms with Crippen molar-refractivity contribution in [3.63, 3.8) is 0 Å². The van der Waals surface area contributed by atoms with E-state index in [1.807, 2.05) is 0 Å². The van der Waals surface area contributed by atoms with Gasteiger partial charge in [-0.25, -0.2) is 0 Å². The quantitative estimate of drug-likeness (QED) is 0.579. The highest BCUT2D eigenvalue weighted by Crippen LogP contribution is 2.30. The minimum atomic E-state index is -0.605. The fourth-order valence-corrected chi connectivity index (χ4v) is 2.89. The van der Waals surface area contributed by atoms with E-state index in [2.05, 4.69) is 0 Å². The summed E-state index contributed by atoms with van der Waals surface area (Å²) in [6.07, 6.45) is 5.29. The molecule has 2 aliphatic rings. The number of ketones is 1. The molecule has 122 valence electrons. The maximum atomic E-state index is 12.0. The molecule has 2 rings (SSSR count). The Labute approximate surface area is 129 Å². The fraction of sp³-hybridized carbons (Fsp3) is 0.688. The molecule has 0 spiro atoms. The van der Waals surface area contributed by atoms with Crippen LogP contribution in [0, 0.1) is 5.92 Å². The first kappa shape index (κ1) is 16.7. The standard InChI is InChI=1S/C16H22O6/c1-10(17)20-9-16-15(21-11(2)18)8-7-14(22-16)12-5-3-4-6-13(12)19/h7-8,12,14-16H,3-6,9H2,1-2H3/t12?,14-,15+,16-/m1/s1. The largest absolute Gasteiger partial charge is 0.463 e. The van der Waals surface area contributed by atoms with Crippen LogP contribution in [0.2, 0.25) is 0 Å². The van der Waals surface area contributed by atoms with E-state index in [0.29, 0.717) is 6.42 Å². The summed E-state index contributed by atoms with van der Waals surface area (Å²) in [6, 6.07) is 0. The second kappa shape index (κ2) is 7.54. The Morgan fingerprint density at radius 2 is 2.00 bits per heavy atom. The Morgan fingerprint density at radius 3 is 2.64 bits per heavy atom. The Bertz CT molecular complexity index is 469.